The van der Waals surface area contributed by atoms with Crippen molar-refractivity contribution >= 4 is 35.1 Å². The molecule has 1 aliphatic rings. The van der Waals surface area contributed by atoms with Crippen LogP contribution < -0.4 is 15.5 Å². The standard InChI is InChI=1S/C18H23N5O2S/c1-12-7-8-16(24)23(12)14-6-4-5-13(9-14)21-17(25)19-10-15-11-20-18(26-3)22(15)2/h4-6,9,11-12H,7-8,10H2,1-3H3,(H2,19,21,25)/t12-/m1/s1. The van der Waals surface area contributed by atoms with Crippen LogP contribution in [0.1, 0.15) is 25.5 Å². The predicted molar refractivity (Wildman–Crippen MR) is 103 cm³/mol. The Bertz CT molecular complexity index is 820. The predicted octanol–water partition coefficient (Wildman–Crippen LogP) is 2.98. The molecule has 0 spiro atoms. The third-order valence-electron chi connectivity index (χ3n) is 4.52. The average molecular weight is 373 g/mol. The second-order valence-corrected chi connectivity index (χ2v) is 7.08. The van der Waals surface area contributed by atoms with Crippen LogP contribution in [0.15, 0.2) is 35.6 Å². The lowest BCUT2D eigenvalue weighted by Gasteiger charge is -2.22. The van der Waals surface area contributed by atoms with Crippen molar-refractivity contribution in [1.29, 1.82) is 0 Å². The number of amides is 3. The number of nitrogens with zero attached hydrogens (tertiary/aromatic N) is 3. The minimum absolute atomic E-state index is 0.125. The van der Waals surface area contributed by atoms with Crippen molar-refractivity contribution in [2.24, 2.45) is 7.05 Å². The summed E-state index contributed by atoms with van der Waals surface area (Å²) in [5, 5.41) is 6.56. The van der Waals surface area contributed by atoms with Crippen LogP contribution in [0.3, 0.4) is 0 Å². The van der Waals surface area contributed by atoms with Gasteiger partial charge in [-0.1, -0.05) is 17.8 Å². The quantitative estimate of drug-likeness (QED) is 0.790. The van der Waals surface area contributed by atoms with Crippen LogP contribution in [0.5, 0.6) is 0 Å². The molecule has 0 unspecified atom stereocenters. The van der Waals surface area contributed by atoms with E-state index >= 15 is 0 Å². The lowest BCUT2D eigenvalue weighted by molar-refractivity contribution is -0.117. The van der Waals surface area contributed by atoms with Gasteiger partial charge in [-0.05, 0) is 37.8 Å². The number of hydrogen-bond donors (Lipinski definition) is 2. The first-order valence-electron chi connectivity index (χ1n) is 8.51. The van der Waals surface area contributed by atoms with Crippen molar-refractivity contribution in [2.75, 3.05) is 16.5 Å². The van der Waals surface area contributed by atoms with E-state index in [1.165, 1.54) is 0 Å². The summed E-state index contributed by atoms with van der Waals surface area (Å²) in [4.78, 5) is 30.3. The molecule has 1 fully saturated rings. The maximum Gasteiger partial charge on any atom is 0.319 e. The molecular weight excluding hydrogens is 350 g/mol. The Kier molecular flexibility index (Phi) is 5.51. The Morgan fingerprint density at radius 1 is 1.42 bits per heavy atom. The van der Waals surface area contributed by atoms with Gasteiger partial charge < -0.3 is 20.1 Å². The lowest BCUT2D eigenvalue weighted by atomic mass is 10.2. The molecule has 8 heteroatoms. The number of aromatic nitrogens is 2. The first-order valence-corrected chi connectivity index (χ1v) is 9.73. The molecule has 1 aromatic heterocycles. The van der Waals surface area contributed by atoms with E-state index < -0.39 is 0 Å². The molecule has 1 saturated heterocycles. The van der Waals surface area contributed by atoms with E-state index in [0.29, 0.717) is 18.7 Å². The van der Waals surface area contributed by atoms with E-state index in [1.54, 1.807) is 22.9 Å². The number of urea groups is 1. The highest BCUT2D eigenvalue weighted by Gasteiger charge is 2.28. The number of carbonyl (C=O) groups excluding carboxylic acids is 2. The van der Waals surface area contributed by atoms with Crippen molar-refractivity contribution in [3.63, 3.8) is 0 Å². The first-order chi connectivity index (χ1) is 12.5. The molecule has 0 bridgehead atoms. The van der Waals surface area contributed by atoms with Crippen molar-refractivity contribution in [2.45, 2.75) is 37.5 Å². The van der Waals surface area contributed by atoms with Crippen molar-refractivity contribution in [1.82, 2.24) is 14.9 Å². The molecule has 7 nitrogen and oxygen atoms in total. The fourth-order valence-electron chi connectivity index (χ4n) is 3.09. The third kappa shape index (κ3) is 3.85. The molecule has 2 heterocycles. The molecule has 1 atom stereocenters. The van der Waals surface area contributed by atoms with Crippen LogP contribution in [0, 0.1) is 0 Å². The Balaban J connectivity index is 1.61. The molecule has 0 aliphatic carbocycles. The number of anilines is 2. The average Bonchev–Trinajstić information content (AvgIpc) is 3.15. The zero-order valence-electron chi connectivity index (χ0n) is 15.2. The smallest absolute Gasteiger partial charge is 0.319 e. The molecule has 0 radical (unpaired) electrons. The Morgan fingerprint density at radius 3 is 2.88 bits per heavy atom. The maximum atomic E-state index is 12.2. The highest BCUT2D eigenvalue weighted by Crippen LogP contribution is 2.28. The zero-order chi connectivity index (χ0) is 18.7. The van der Waals surface area contributed by atoms with Gasteiger partial charge in [0.15, 0.2) is 5.16 Å². The molecule has 2 aromatic rings. The van der Waals surface area contributed by atoms with Gasteiger partial charge in [0.25, 0.3) is 0 Å². The Labute approximate surface area is 157 Å². The molecule has 3 rings (SSSR count). The van der Waals surface area contributed by atoms with E-state index in [-0.39, 0.29) is 18.0 Å². The summed E-state index contributed by atoms with van der Waals surface area (Å²) >= 11 is 1.56. The number of imidazole rings is 1. The second kappa shape index (κ2) is 7.82. The number of hydrogen-bond acceptors (Lipinski definition) is 4. The molecule has 26 heavy (non-hydrogen) atoms. The van der Waals surface area contributed by atoms with Crippen LogP contribution in [0.2, 0.25) is 0 Å². The van der Waals surface area contributed by atoms with Crippen molar-refractivity contribution < 1.29 is 9.59 Å². The lowest BCUT2D eigenvalue weighted by Crippen LogP contribution is -2.31. The van der Waals surface area contributed by atoms with Gasteiger partial charge in [-0.15, -0.1) is 0 Å². The van der Waals surface area contributed by atoms with E-state index in [4.69, 9.17) is 0 Å². The van der Waals surface area contributed by atoms with Crippen LogP contribution in [-0.2, 0) is 18.4 Å². The van der Waals surface area contributed by atoms with Gasteiger partial charge in [-0.3, -0.25) is 4.79 Å². The summed E-state index contributed by atoms with van der Waals surface area (Å²) in [5.41, 5.74) is 2.39. The van der Waals surface area contributed by atoms with Gasteiger partial charge in [-0.2, -0.15) is 0 Å². The van der Waals surface area contributed by atoms with Gasteiger partial charge in [0, 0.05) is 30.9 Å². The van der Waals surface area contributed by atoms with Crippen LogP contribution in [-0.4, -0.2) is 33.8 Å². The maximum absolute atomic E-state index is 12.2. The monoisotopic (exact) mass is 373 g/mol. The summed E-state index contributed by atoms with van der Waals surface area (Å²) in [6.45, 7) is 2.42. The SMILES string of the molecule is CSc1ncc(CNC(=O)Nc2cccc(N3C(=O)CC[C@H]3C)c2)n1C. The van der Waals surface area contributed by atoms with E-state index in [2.05, 4.69) is 15.6 Å². The normalized spacial score (nSPS) is 16.8. The van der Waals surface area contributed by atoms with Gasteiger partial charge in [-0.25, -0.2) is 9.78 Å². The second-order valence-electron chi connectivity index (χ2n) is 6.30. The van der Waals surface area contributed by atoms with E-state index in [0.717, 1.165) is 23.0 Å². The van der Waals surface area contributed by atoms with E-state index in [1.807, 2.05) is 49.1 Å². The van der Waals surface area contributed by atoms with Gasteiger partial charge in [0.1, 0.15) is 0 Å². The topological polar surface area (TPSA) is 79.3 Å². The van der Waals surface area contributed by atoms with Crippen LogP contribution in [0.4, 0.5) is 16.2 Å². The minimum Gasteiger partial charge on any atom is -0.332 e. The summed E-state index contributed by atoms with van der Waals surface area (Å²) in [5.74, 6) is 0.125. The summed E-state index contributed by atoms with van der Waals surface area (Å²) < 4.78 is 1.95. The molecule has 0 saturated carbocycles. The summed E-state index contributed by atoms with van der Waals surface area (Å²) in [6.07, 6.45) is 5.15. The molecule has 138 valence electrons. The third-order valence-corrected chi connectivity index (χ3v) is 5.27. The molecule has 1 aromatic carbocycles. The Morgan fingerprint density at radius 2 is 2.23 bits per heavy atom. The highest BCUT2D eigenvalue weighted by molar-refractivity contribution is 7.98. The molecular formula is C18H23N5O2S. The van der Waals surface area contributed by atoms with Crippen molar-refractivity contribution in [3.05, 3.63) is 36.2 Å². The van der Waals surface area contributed by atoms with Gasteiger partial charge in [0.2, 0.25) is 5.91 Å². The largest absolute Gasteiger partial charge is 0.332 e. The fraction of sp³-hybridized carbons (Fsp3) is 0.389. The number of benzene rings is 1. The molecule has 2 N–H and O–H groups in total. The zero-order valence-corrected chi connectivity index (χ0v) is 16.0. The van der Waals surface area contributed by atoms with Crippen LogP contribution >= 0.6 is 11.8 Å². The minimum atomic E-state index is -0.296. The van der Waals surface area contributed by atoms with Gasteiger partial charge in [0.05, 0.1) is 18.4 Å². The summed E-state index contributed by atoms with van der Waals surface area (Å²) in [7, 11) is 1.92. The number of carbonyl (C=O) groups is 2. The van der Waals surface area contributed by atoms with Gasteiger partial charge >= 0.3 is 6.03 Å². The van der Waals surface area contributed by atoms with Crippen LogP contribution in [0.25, 0.3) is 0 Å². The van der Waals surface area contributed by atoms with Crippen molar-refractivity contribution in [3.8, 4) is 0 Å². The number of thioether (sulfide) groups is 1. The number of rotatable bonds is 5. The number of nitrogens with one attached hydrogen (secondary N) is 2. The van der Waals surface area contributed by atoms with E-state index in [9.17, 15) is 9.59 Å². The Hall–Kier alpha value is -2.48. The molecule has 3 amide bonds. The first kappa shape index (κ1) is 18.3. The summed E-state index contributed by atoms with van der Waals surface area (Å²) in [6, 6.07) is 7.26. The highest BCUT2D eigenvalue weighted by atomic mass is 32.2. The fourth-order valence-corrected chi connectivity index (χ4v) is 3.63. The molecule has 1 aliphatic heterocycles.